The van der Waals surface area contributed by atoms with Gasteiger partial charge in [0.25, 0.3) is 0 Å². The highest BCUT2D eigenvalue weighted by atomic mass is 16.1. The molecule has 1 aliphatic carbocycles. The van der Waals surface area contributed by atoms with Crippen LogP contribution in [0.15, 0.2) is 0 Å². The van der Waals surface area contributed by atoms with E-state index in [0.29, 0.717) is 5.69 Å². The highest BCUT2D eigenvalue weighted by Crippen LogP contribution is 2.27. The third-order valence-corrected chi connectivity index (χ3v) is 4.22. The van der Waals surface area contributed by atoms with Crippen LogP contribution in [0.25, 0.3) is 0 Å². The molecular formula is C15H25N3O. The molecule has 0 amide bonds. The first kappa shape index (κ1) is 14.2. The zero-order valence-electron chi connectivity index (χ0n) is 12.0. The summed E-state index contributed by atoms with van der Waals surface area (Å²) in [4.78, 5) is 11.0. The maximum absolute atomic E-state index is 11.0. The van der Waals surface area contributed by atoms with Crippen LogP contribution in [0.2, 0.25) is 0 Å². The van der Waals surface area contributed by atoms with Crippen molar-refractivity contribution in [2.45, 2.75) is 71.3 Å². The summed E-state index contributed by atoms with van der Waals surface area (Å²) in [6.07, 6.45) is 12.1. The largest absolute Gasteiger partial charge is 0.296 e. The maximum Gasteiger partial charge on any atom is 0.172 e. The standard InChI is InChI=1S/C15H25N3O/c1-2-3-11-18-15(14(12-19)16-17-18)10-9-13-7-5-4-6-8-13/h12-13H,2-11H2,1H3. The van der Waals surface area contributed by atoms with Crippen LogP contribution in [0, 0.1) is 5.92 Å². The van der Waals surface area contributed by atoms with E-state index in [1.54, 1.807) is 0 Å². The summed E-state index contributed by atoms with van der Waals surface area (Å²) < 4.78 is 1.94. The SMILES string of the molecule is CCCCn1nnc(C=O)c1CCC1CCCCC1. The van der Waals surface area contributed by atoms with E-state index in [2.05, 4.69) is 17.2 Å². The smallest absolute Gasteiger partial charge is 0.172 e. The van der Waals surface area contributed by atoms with E-state index in [1.807, 2.05) is 4.68 Å². The molecule has 1 fully saturated rings. The van der Waals surface area contributed by atoms with Gasteiger partial charge in [0.1, 0.15) is 5.69 Å². The Hall–Kier alpha value is -1.19. The molecule has 4 nitrogen and oxygen atoms in total. The Morgan fingerprint density at radius 3 is 2.79 bits per heavy atom. The average molecular weight is 263 g/mol. The van der Waals surface area contributed by atoms with Gasteiger partial charge in [0.05, 0.1) is 5.69 Å². The number of aldehydes is 1. The Morgan fingerprint density at radius 1 is 1.32 bits per heavy atom. The molecule has 2 rings (SSSR count). The van der Waals surface area contributed by atoms with Crippen molar-refractivity contribution < 1.29 is 4.79 Å². The van der Waals surface area contributed by atoms with Crippen molar-refractivity contribution in [3.8, 4) is 0 Å². The molecule has 4 heteroatoms. The molecule has 0 spiro atoms. The number of hydrogen-bond donors (Lipinski definition) is 0. The van der Waals surface area contributed by atoms with Crippen LogP contribution >= 0.6 is 0 Å². The van der Waals surface area contributed by atoms with Crippen molar-refractivity contribution >= 4 is 6.29 Å². The Labute approximate surface area is 115 Å². The number of aryl methyl sites for hydroxylation is 1. The molecular weight excluding hydrogens is 238 g/mol. The zero-order chi connectivity index (χ0) is 13.5. The summed E-state index contributed by atoms with van der Waals surface area (Å²) in [5.41, 5.74) is 1.60. The van der Waals surface area contributed by atoms with Crippen molar-refractivity contribution in [3.05, 3.63) is 11.4 Å². The molecule has 0 atom stereocenters. The summed E-state index contributed by atoms with van der Waals surface area (Å²) in [5, 5.41) is 8.12. The fourth-order valence-electron chi connectivity index (χ4n) is 3.00. The molecule has 106 valence electrons. The number of unbranched alkanes of at least 4 members (excludes halogenated alkanes) is 1. The Kier molecular flexibility index (Phi) is 5.55. The lowest BCUT2D eigenvalue weighted by molar-refractivity contribution is 0.111. The maximum atomic E-state index is 11.0. The molecule has 0 unspecified atom stereocenters. The van der Waals surface area contributed by atoms with E-state index in [9.17, 15) is 4.79 Å². The summed E-state index contributed by atoms with van der Waals surface area (Å²) in [7, 11) is 0. The Morgan fingerprint density at radius 2 is 2.11 bits per heavy atom. The van der Waals surface area contributed by atoms with Crippen molar-refractivity contribution in [3.63, 3.8) is 0 Å². The Bertz CT molecular complexity index is 394. The van der Waals surface area contributed by atoms with Gasteiger partial charge >= 0.3 is 0 Å². The van der Waals surface area contributed by atoms with Gasteiger partial charge in [0.2, 0.25) is 0 Å². The van der Waals surface area contributed by atoms with Crippen molar-refractivity contribution in [2.75, 3.05) is 0 Å². The van der Waals surface area contributed by atoms with E-state index < -0.39 is 0 Å². The minimum absolute atomic E-state index is 0.548. The lowest BCUT2D eigenvalue weighted by Gasteiger charge is -2.21. The number of hydrogen-bond acceptors (Lipinski definition) is 3. The second-order valence-corrected chi connectivity index (χ2v) is 5.66. The molecule has 0 radical (unpaired) electrons. The third-order valence-electron chi connectivity index (χ3n) is 4.22. The van der Waals surface area contributed by atoms with E-state index in [1.165, 1.54) is 38.5 Å². The van der Waals surface area contributed by atoms with Gasteiger partial charge < -0.3 is 0 Å². The molecule has 0 bridgehead atoms. The van der Waals surface area contributed by atoms with Crippen molar-refractivity contribution in [2.24, 2.45) is 5.92 Å². The van der Waals surface area contributed by atoms with Crippen LogP contribution in [0.4, 0.5) is 0 Å². The lowest BCUT2D eigenvalue weighted by Crippen LogP contribution is -2.11. The van der Waals surface area contributed by atoms with Gasteiger partial charge in [-0.1, -0.05) is 50.7 Å². The first-order valence-corrected chi connectivity index (χ1v) is 7.72. The highest BCUT2D eigenvalue weighted by molar-refractivity contribution is 5.73. The summed E-state index contributed by atoms with van der Waals surface area (Å²) >= 11 is 0. The van der Waals surface area contributed by atoms with Crippen LogP contribution in [0.3, 0.4) is 0 Å². The second kappa shape index (κ2) is 7.41. The minimum Gasteiger partial charge on any atom is -0.296 e. The third kappa shape index (κ3) is 3.88. The molecule has 1 aliphatic rings. The highest BCUT2D eigenvalue weighted by Gasteiger charge is 2.17. The molecule has 0 aliphatic heterocycles. The van der Waals surface area contributed by atoms with Gasteiger partial charge in [-0.05, 0) is 25.2 Å². The quantitative estimate of drug-likeness (QED) is 0.708. The van der Waals surface area contributed by atoms with Gasteiger partial charge in [-0.2, -0.15) is 0 Å². The van der Waals surface area contributed by atoms with Gasteiger partial charge in [-0.25, -0.2) is 4.68 Å². The molecule has 1 saturated carbocycles. The first-order chi connectivity index (χ1) is 9.35. The van der Waals surface area contributed by atoms with Crippen LogP contribution < -0.4 is 0 Å². The van der Waals surface area contributed by atoms with E-state index in [-0.39, 0.29) is 0 Å². The number of nitrogens with zero attached hydrogens (tertiary/aromatic N) is 3. The van der Waals surface area contributed by atoms with Gasteiger partial charge in [0.15, 0.2) is 6.29 Å². The molecule has 1 heterocycles. The van der Waals surface area contributed by atoms with Gasteiger partial charge in [-0.15, -0.1) is 5.10 Å². The fraction of sp³-hybridized carbons (Fsp3) is 0.800. The molecule has 0 aromatic carbocycles. The predicted octanol–water partition coefficient (Wildman–Crippen LogP) is 3.40. The van der Waals surface area contributed by atoms with Crippen molar-refractivity contribution in [1.82, 2.24) is 15.0 Å². The topological polar surface area (TPSA) is 47.8 Å². The second-order valence-electron chi connectivity index (χ2n) is 5.66. The molecule has 19 heavy (non-hydrogen) atoms. The lowest BCUT2D eigenvalue weighted by atomic mass is 9.85. The van der Waals surface area contributed by atoms with Crippen LogP contribution in [-0.4, -0.2) is 21.3 Å². The first-order valence-electron chi connectivity index (χ1n) is 7.72. The van der Waals surface area contributed by atoms with Gasteiger partial charge in [-0.3, -0.25) is 4.79 Å². The minimum atomic E-state index is 0.548. The number of carbonyl (C=O) groups excluding carboxylic acids is 1. The normalized spacial score (nSPS) is 16.7. The van der Waals surface area contributed by atoms with E-state index in [0.717, 1.165) is 43.7 Å². The summed E-state index contributed by atoms with van der Waals surface area (Å²) in [5.74, 6) is 0.836. The average Bonchev–Trinajstić information content (AvgIpc) is 2.86. The number of aromatic nitrogens is 3. The van der Waals surface area contributed by atoms with Crippen LogP contribution in [-0.2, 0) is 13.0 Å². The molecule has 1 aromatic heterocycles. The van der Waals surface area contributed by atoms with Gasteiger partial charge in [0, 0.05) is 6.54 Å². The molecule has 0 N–H and O–H groups in total. The van der Waals surface area contributed by atoms with Crippen molar-refractivity contribution in [1.29, 1.82) is 0 Å². The zero-order valence-corrected chi connectivity index (χ0v) is 12.0. The van der Waals surface area contributed by atoms with Crippen LogP contribution in [0.1, 0.15) is 74.5 Å². The summed E-state index contributed by atoms with van der Waals surface area (Å²) in [6.45, 7) is 3.05. The number of carbonyl (C=O) groups is 1. The van der Waals surface area contributed by atoms with E-state index in [4.69, 9.17) is 0 Å². The van der Waals surface area contributed by atoms with Crippen LogP contribution in [0.5, 0.6) is 0 Å². The molecule has 0 saturated heterocycles. The Balaban J connectivity index is 1.96. The monoisotopic (exact) mass is 263 g/mol. The number of rotatable bonds is 7. The predicted molar refractivity (Wildman–Crippen MR) is 75.2 cm³/mol. The van der Waals surface area contributed by atoms with E-state index >= 15 is 0 Å². The summed E-state index contributed by atoms with van der Waals surface area (Å²) in [6, 6.07) is 0. The fourth-order valence-corrected chi connectivity index (χ4v) is 3.00. The molecule has 1 aromatic rings.